The first-order chi connectivity index (χ1) is 13.5. The third kappa shape index (κ3) is 4.89. The molecule has 0 fully saturated rings. The van der Waals surface area contributed by atoms with Crippen molar-refractivity contribution >= 4 is 55.9 Å². The standard InChI is InChI=1S/C19H15BrClN3O3S/c1-27-15-9-12(7-13(20)16(15)25)8-14(21)18-23-24-19(28-18)17(26)22-10-11-5-3-2-4-6-11/h2-9,25H,10H2,1H3,(H,22,26). The average molecular weight is 481 g/mol. The molecule has 0 radical (unpaired) electrons. The number of aromatic nitrogens is 2. The number of aromatic hydroxyl groups is 1. The Hall–Kier alpha value is -2.42. The summed E-state index contributed by atoms with van der Waals surface area (Å²) in [6.45, 7) is 0.402. The number of phenolic OH excluding ortho intramolecular Hbond substituents is 1. The normalized spacial score (nSPS) is 11.3. The first kappa shape index (κ1) is 20.3. The van der Waals surface area contributed by atoms with Gasteiger partial charge in [-0.2, -0.15) is 0 Å². The first-order valence-corrected chi connectivity index (χ1v) is 10.1. The second kappa shape index (κ2) is 9.18. The molecule has 0 saturated carbocycles. The van der Waals surface area contributed by atoms with E-state index in [-0.39, 0.29) is 16.7 Å². The molecule has 3 aromatic rings. The molecule has 144 valence electrons. The van der Waals surface area contributed by atoms with E-state index in [1.165, 1.54) is 7.11 Å². The van der Waals surface area contributed by atoms with Crippen molar-refractivity contribution in [2.24, 2.45) is 0 Å². The van der Waals surface area contributed by atoms with E-state index in [9.17, 15) is 9.90 Å². The van der Waals surface area contributed by atoms with E-state index in [1.54, 1.807) is 18.2 Å². The van der Waals surface area contributed by atoms with Gasteiger partial charge in [0.2, 0.25) is 5.01 Å². The molecule has 1 amide bonds. The number of nitrogens with zero attached hydrogens (tertiary/aromatic N) is 2. The van der Waals surface area contributed by atoms with E-state index in [1.807, 2.05) is 30.3 Å². The number of rotatable bonds is 6. The number of methoxy groups -OCH3 is 1. The Labute approximate surface area is 179 Å². The van der Waals surface area contributed by atoms with E-state index in [4.69, 9.17) is 16.3 Å². The monoisotopic (exact) mass is 479 g/mol. The second-order valence-electron chi connectivity index (χ2n) is 5.63. The van der Waals surface area contributed by atoms with Crippen LogP contribution < -0.4 is 10.1 Å². The van der Waals surface area contributed by atoms with Gasteiger partial charge in [0.25, 0.3) is 5.91 Å². The molecule has 0 aliphatic rings. The largest absolute Gasteiger partial charge is 0.503 e. The zero-order valence-corrected chi connectivity index (χ0v) is 17.8. The van der Waals surface area contributed by atoms with Crippen molar-refractivity contribution in [3.05, 3.63) is 68.1 Å². The summed E-state index contributed by atoms with van der Waals surface area (Å²) in [6, 6.07) is 12.9. The Morgan fingerprint density at radius 1 is 1.29 bits per heavy atom. The second-order valence-corrected chi connectivity index (χ2v) is 7.87. The summed E-state index contributed by atoms with van der Waals surface area (Å²) in [6.07, 6.45) is 1.65. The van der Waals surface area contributed by atoms with Gasteiger partial charge in [0.1, 0.15) is 0 Å². The molecule has 6 nitrogen and oxygen atoms in total. The predicted octanol–water partition coefficient (Wildman–Crippen LogP) is 4.68. The van der Waals surface area contributed by atoms with Crippen LogP contribution in [-0.2, 0) is 6.54 Å². The quantitative estimate of drug-likeness (QED) is 0.535. The van der Waals surface area contributed by atoms with Gasteiger partial charge in [0.15, 0.2) is 16.5 Å². The van der Waals surface area contributed by atoms with Crippen LogP contribution >= 0.6 is 38.9 Å². The van der Waals surface area contributed by atoms with Gasteiger partial charge in [-0.3, -0.25) is 4.79 Å². The highest BCUT2D eigenvalue weighted by molar-refractivity contribution is 9.10. The van der Waals surface area contributed by atoms with Gasteiger partial charge in [0.05, 0.1) is 16.6 Å². The summed E-state index contributed by atoms with van der Waals surface area (Å²) in [4.78, 5) is 12.3. The molecule has 0 atom stereocenters. The summed E-state index contributed by atoms with van der Waals surface area (Å²) in [5, 5.41) is 21.5. The highest BCUT2D eigenvalue weighted by Gasteiger charge is 2.15. The predicted molar refractivity (Wildman–Crippen MR) is 114 cm³/mol. The van der Waals surface area contributed by atoms with Gasteiger partial charge < -0.3 is 15.2 Å². The Morgan fingerprint density at radius 3 is 2.71 bits per heavy atom. The van der Waals surface area contributed by atoms with Crippen molar-refractivity contribution in [1.29, 1.82) is 0 Å². The van der Waals surface area contributed by atoms with Crippen molar-refractivity contribution in [1.82, 2.24) is 15.5 Å². The summed E-state index contributed by atoms with van der Waals surface area (Å²) >= 11 is 10.7. The number of phenols is 1. The van der Waals surface area contributed by atoms with E-state index in [2.05, 4.69) is 31.4 Å². The van der Waals surface area contributed by atoms with Gasteiger partial charge in [-0.1, -0.05) is 53.3 Å². The van der Waals surface area contributed by atoms with Crippen molar-refractivity contribution in [3.8, 4) is 11.5 Å². The van der Waals surface area contributed by atoms with Crippen molar-refractivity contribution in [2.75, 3.05) is 7.11 Å². The van der Waals surface area contributed by atoms with Crippen LogP contribution in [0.4, 0.5) is 0 Å². The number of halogens is 2. The summed E-state index contributed by atoms with van der Waals surface area (Å²) in [5.74, 6) is -0.00138. The minimum absolute atomic E-state index is 0.00376. The minimum Gasteiger partial charge on any atom is -0.503 e. The molecule has 0 spiro atoms. The van der Waals surface area contributed by atoms with E-state index in [0.717, 1.165) is 16.9 Å². The molecule has 28 heavy (non-hydrogen) atoms. The minimum atomic E-state index is -0.314. The van der Waals surface area contributed by atoms with Gasteiger partial charge in [0, 0.05) is 6.54 Å². The number of carbonyl (C=O) groups is 1. The Bertz CT molecular complexity index is 1020. The smallest absolute Gasteiger partial charge is 0.282 e. The summed E-state index contributed by atoms with van der Waals surface area (Å²) in [7, 11) is 1.46. The number of ether oxygens (including phenoxy) is 1. The number of amides is 1. The van der Waals surface area contributed by atoms with Crippen molar-refractivity contribution in [2.45, 2.75) is 6.54 Å². The maximum atomic E-state index is 12.3. The molecule has 9 heteroatoms. The fourth-order valence-corrected chi connectivity index (χ4v) is 3.71. The molecule has 0 aliphatic carbocycles. The van der Waals surface area contributed by atoms with Crippen LogP contribution in [0.2, 0.25) is 0 Å². The lowest BCUT2D eigenvalue weighted by Gasteiger charge is -2.06. The zero-order chi connectivity index (χ0) is 20.1. The lowest BCUT2D eigenvalue weighted by atomic mass is 10.2. The summed E-state index contributed by atoms with van der Waals surface area (Å²) in [5.41, 5.74) is 1.68. The molecular formula is C19H15BrClN3O3S. The molecule has 0 unspecified atom stereocenters. The highest BCUT2D eigenvalue weighted by atomic mass is 79.9. The Kier molecular flexibility index (Phi) is 6.66. The first-order valence-electron chi connectivity index (χ1n) is 8.07. The molecule has 0 aliphatic heterocycles. The van der Waals surface area contributed by atoms with Crippen LogP contribution in [0.25, 0.3) is 11.1 Å². The molecule has 1 heterocycles. The number of hydrogen-bond acceptors (Lipinski definition) is 6. The molecular weight excluding hydrogens is 466 g/mol. The van der Waals surface area contributed by atoms with E-state index >= 15 is 0 Å². The van der Waals surface area contributed by atoms with Gasteiger partial charge in [-0.05, 0) is 45.3 Å². The van der Waals surface area contributed by atoms with Crippen molar-refractivity contribution < 1.29 is 14.6 Å². The average Bonchev–Trinajstić information content (AvgIpc) is 3.20. The SMILES string of the molecule is COc1cc(C=C(Cl)c2nnc(C(=O)NCc3ccccc3)s2)cc(Br)c1O. The van der Waals surface area contributed by atoms with Crippen LogP contribution in [0.15, 0.2) is 46.9 Å². The Balaban J connectivity index is 1.73. The molecule has 2 aromatic carbocycles. The van der Waals surface area contributed by atoms with Crippen LogP contribution in [0, 0.1) is 0 Å². The molecule has 3 rings (SSSR count). The maximum Gasteiger partial charge on any atom is 0.282 e. The van der Waals surface area contributed by atoms with Crippen LogP contribution in [0.1, 0.15) is 25.9 Å². The highest BCUT2D eigenvalue weighted by Crippen LogP contribution is 2.36. The van der Waals surface area contributed by atoms with Crippen LogP contribution in [0.5, 0.6) is 11.5 Å². The van der Waals surface area contributed by atoms with Gasteiger partial charge in [-0.15, -0.1) is 10.2 Å². The number of benzene rings is 2. The fraction of sp³-hybridized carbons (Fsp3) is 0.105. The van der Waals surface area contributed by atoms with E-state index < -0.39 is 0 Å². The number of nitrogens with one attached hydrogen (secondary N) is 1. The fourth-order valence-electron chi connectivity index (χ4n) is 2.31. The molecule has 0 bridgehead atoms. The van der Waals surface area contributed by atoms with Crippen LogP contribution in [0.3, 0.4) is 0 Å². The lowest BCUT2D eigenvalue weighted by molar-refractivity contribution is 0.0950. The molecule has 2 N–H and O–H groups in total. The van der Waals surface area contributed by atoms with E-state index in [0.29, 0.717) is 32.4 Å². The summed E-state index contributed by atoms with van der Waals surface area (Å²) < 4.78 is 5.60. The van der Waals surface area contributed by atoms with Gasteiger partial charge >= 0.3 is 0 Å². The van der Waals surface area contributed by atoms with Crippen molar-refractivity contribution in [3.63, 3.8) is 0 Å². The third-order valence-corrected chi connectivity index (χ3v) is 5.64. The third-order valence-electron chi connectivity index (χ3n) is 3.68. The number of hydrogen-bond donors (Lipinski definition) is 2. The molecule has 1 aromatic heterocycles. The Morgan fingerprint density at radius 2 is 2.00 bits per heavy atom. The topological polar surface area (TPSA) is 84.3 Å². The van der Waals surface area contributed by atoms with Crippen LogP contribution in [-0.4, -0.2) is 28.3 Å². The lowest BCUT2D eigenvalue weighted by Crippen LogP contribution is -2.22. The zero-order valence-electron chi connectivity index (χ0n) is 14.6. The number of carbonyl (C=O) groups excluding carboxylic acids is 1. The van der Waals surface area contributed by atoms with Gasteiger partial charge in [-0.25, -0.2) is 0 Å². The molecule has 0 saturated heterocycles. The maximum absolute atomic E-state index is 12.3.